The first kappa shape index (κ1) is 28.8. The van der Waals surface area contributed by atoms with Crippen molar-refractivity contribution in [2.45, 2.75) is 26.3 Å². The summed E-state index contributed by atoms with van der Waals surface area (Å²) in [5.74, 6) is 3.08. The molecule has 150 valence electrons. The number of nitrogens with zero attached hydrogens (tertiary/aromatic N) is 1. The second-order valence-electron chi connectivity index (χ2n) is 5.51. The number of thiocarbonyl (C=S) groups is 1. The highest BCUT2D eigenvalue weighted by Gasteiger charge is 2.22. The van der Waals surface area contributed by atoms with Crippen LogP contribution in [0.25, 0.3) is 0 Å². The minimum Gasteiger partial charge on any atom is -0.497 e. The number of benzene rings is 1. The number of hydrogen-bond donors (Lipinski definition) is 3. The Labute approximate surface area is 162 Å². The summed E-state index contributed by atoms with van der Waals surface area (Å²) in [5, 5.41) is 8.67. The second kappa shape index (κ2) is 19.3. The van der Waals surface area contributed by atoms with Crippen LogP contribution in [-0.4, -0.2) is 61.9 Å². The zero-order valence-corrected chi connectivity index (χ0v) is 17.2. The van der Waals surface area contributed by atoms with Crippen LogP contribution < -0.4 is 16.2 Å². The molecule has 1 aromatic carbocycles. The fourth-order valence-electron chi connectivity index (χ4n) is 1.77. The van der Waals surface area contributed by atoms with Gasteiger partial charge in [-0.2, -0.15) is 0 Å². The monoisotopic (exact) mass is 387 g/mol. The molecule has 7 nitrogen and oxygen atoms in total. The summed E-state index contributed by atoms with van der Waals surface area (Å²) >= 11 is 3.83. The molecule has 1 aromatic rings. The molecule has 1 unspecified atom stereocenters. The summed E-state index contributed by atoms with van der Waals surface area (Å²) in [6.07, 6.45) is 1.29. The highest BCUT2D eigenvalue weighted by atomic mass is 32.1. The number of carboxylic acid groups (broad SMARTS) is 1. The first-order valence-electron chi connectivity index (χ1n) is 7.92. The third kappa shape index (κ3) is 16.8. The Bertz CT molecular complexity index is 460. The molecular formula is C18H33N3O4S. The van der Waals surface area contributed by atoms with E-state index in [9.17, 15) is 9.59 Å². The largest absolute Gasteiger partial charge is 0.497 e. The van der Waals surface area contributed by atoms with Gasteiger partial charge in [-0.3, -0.25) is 9.69 Å². The number of anilines is 1. The molecular weight excluding hydrogens is 354 g/mol. The molecule has 8 heteroatoms. The topological polar surface area (TPSA) is 119 Å². The molecule has 26 heavy (non-hydrogen) atoms. The molecule has 1 rings (SSSR count). The number of nitrogens with two attached hydrogens (primary N) is 2. The van der Waals surface area contributed by atoms with Crippen LogP contribution in [0.5, 0.6) is 5.75 Å². The van der Waals surface area contributed by atoms with Crippen molar-refractivity contribution in [3.8, 4) is 5.75 Å². The first-order valence-corrected chi connectivity index (χ1v) is 8.50. The molecule has 0 spiro atoms. The van der Waals surface area contributed by atoms with Crippen molar-refractivity contribution in [2.75, 3.05) is 33.5 Å². The average molecular weight is 388 g/mol. The van der Waals surface area contributed by atoms with Gasteiger partial charge < -0.3 is 26.1 Å². The van der Waals surface area contributed by atoms with Gasteiger partial charge in [-0.1, -0.05) is 26.1 Å². The molecule has 1 atom stereocenters. The predicted octanol–water partition coefficient (Wildman–Crippen LogP) is 2.08. The second-order valence-corrected chi connectivity index (χ2v) is 5.51. The molecule has 0 saturated carbocycles. The molecule has 0 amide bonds. The van der Waals surface area contributed by atoms with E-state index in [0.29, 0.717) is 13.0 Å². The van der Waals surface area contributed by atoms with Crippen LogP contribution in [0.4, 0.5) is 5.69 Å². The van der Waals surface area contributed by atoms with Gasteiger partial charge in [-0.15, -0.1) is 0 Å². The Kier molecular flexibility index (Phi) is 21.3. The van der Waals surface area contributed by atoms with Gasteiger partial charge in [-0.05, 0) is 56.7 Å². The van der Waals surface area contributed by atoms with Gasteiger partial charge in [0.1, 0.15) is 18.1 Å². The van der Waals surface area contributed by atoms with Crippen LogP contribution in [0.15, 0.2) is 24.3 Å². The standard InChI is InChI=1S/C7H15NO2.C7H9NO.C3H7NO.CH2S/c1-5(2)6(7(9)10)8(3)4;1-9-7-4-2-6(8)3-5-7;4-2-1-3-5;1-2/h5-6H,1-4H3,(H,9,10);2-5H,8H2,1H3;3H,1-2,4H2;1H2. The molecule has 0 radical (unpaired) electrons. The number of aldehydes is 1. The van der Waals surface area contributed by atoms with E-state index in [1.165, 1.54) is 0 Å². The van der Waals surface area contributed by atoms with Crippen LogP contribution in [0.3, 0.4) is 0 Å². The molecule has 0 heterocycles. The quantitative estimate of drug-likeness (QED) is 0.386. The van der Waals surface area contributed by atoms with Crippen molar-refractivity contribution in [1.29, 1.82) is 0 Å². The van der Waals surface area contributed by atoms with Crippen molar-refractivity contribution < 1.29 is 19.4 Å². The number of carboxylic acids is 1. The van der Waals surface area contributed by atoms with E-state index >= 15 is 0 Å². The summed E-state index contributed by atoms with van der Waals surface area (Å²) in [7, 11) is 5.18. The molecule has 0 aliphatic rings. The lowest BCUT2D eigenvalue weighted by Gasteiger charge is -2.22. The smallest absolute Gasteiger partial charge is 0.321 e. The van der Waals surface area contributed by atoms with Crippen molar-refractivity contribution in [1.82, 2.24) is 4.90 Å². The van der Waals surface area contributed by atoms with Crippen LogP contribution in [0.1, 0.15) is 20.3 Å². The summed E-state index contributed by atoms with van der Waals surface area (Å²) in [6, 6.07) is 6.91. The van der Waals surface area contributed by atoms with Gasteiger partial charge in [0.2, 0.25) is 0 Å². The number of hydrogen-bond acceptors (Lipinski definition) is 7. The maximum atomic E-state index is 10.5. The lowest BCUT2D eigenvalue weighted by atomic mass is 10.0. The Morgan fingerprint density at radius 1 is 1.31 bits per heavy atom. The van der Waals surface area contributed by atoms with Crippen LogP contribution >= 0.6 is 12.2 Å². The van der Waals surface area contributed by atoms with Crippen molar-refractivity contribution in [2.24, 2.45) is 11.7 Å². The van der Waals surface area contributed by atoms with Crippen molar-refractivity contribution in [3.05, 3.63) is 24.3 Å². The van der Waals surface area contributed by atoms with Gasteiger partial charge in [-0.25, -0.2) is 0 Å². The Morgan fingerprint density at radius 2 is 1.77 bits per heavy atom. The lowest BCUT2D eigenvalue weighted by Crippen LogP contribution is -2.39. The fourth-order valence-corrected chi connectivity index (χ4v) is 1.77. The number of rotatable bonds is 6. The van der Waals surface area contributed by atoms with E-state index in [1.807, 2.05) is 26.0 Å². The highest BCUT2D eigenvalue weighted by Crippen LogP contribution is 2.11. The van der Waals surface area contributed by atoms with E-state index < -0.39 is 5.97 Å². The molecule has 0 aromatic heterocycles. The zero-order chi connectivity index (χ0) is 21.1. The molecule has 0 aliphatic carbocycles. The van der Waals surface area contributed by atoms with Gasteiger partial charge in [0.05, 0.1) is 7.11 Å². The normalized spacial score (nSPS) is 10.2. The summed E-state index contributed by atoms with van der Waals surface area (Å²) in [6.45, 7) is 4.28. The SMILES string of the molecule is C=S.CC(C)C(C(=O)O)N(C)C.COc1ccc(N)cc1.NCCC=O. The Hall–Kier alpha value is -2.03. The minimum atomic E-state index is -0.750. The predicted molar refractivity (Wildman–Crippen MR) is 112 cm³/mol. The Morgan fingerprint density at radius 3 is 1.92 bits per heavy atom. The third-order valence-corrected chi connectivity index (χ3v) is 2.84. The first-order chi connectivity index (χ1) is 12.2. The van der Waals surface area contributed by atoms with Crippen LogP contribution in [-0.2, 0) is 9.59 Å². The number of methoxy groups -OCH3 is 1. The van der Waals surface area contributed by atoms with Gasteiger partial charge >= 0.3 is 5.97 Å². The average Bonchev–Trinajstić information content (AvgIpc) is 2.58. The fraction of sp³-hybridized carbons (Fsp3) is 0.500. The van der Waals surface area contributed by atoms with Gasteiger partial charge in [0, 0.05) is 12.1 Å². The van der Waals surface area contributed by atoms with Crippen molar-refractivity contribution >= 4 is 36.0 Å². The van der Waals surface area contributed by atoms with E-state index in [-0.39, 0.29) is 12.0 Å². The van der Waals surface area contributed by atoms with E-state index in [1.54, 1.807) is 38.2 Å². The molecule has 5 N–H and O–H groups in total. The van der Waals surface area contributed by atoms with Gasteiger partial charge in [0.15, 0.2) is 0 Å². The van der Waals surface area contributed by atoms with Crippen LogP contribution in [0.2, 0.25) is 0 Å². The third-order valence-electron chi connectivity index (χ3n) is 2.84. The number of nitrogen functional groups attached to an aromatic ring is 1. The highest BCUT2D eigenvalue weighted by molar-refractivity contribution is 7.77. The molecule has 0 aliphatic heterocycles. The minimum absolute atomic E-state index is 0.160. The lowest BCUT2D eigenvalue weighted by molar-refractivity contribution is -0.143. The number of ether oxygens (including phenoxy) is 1. The summed E-state index contributed by atoms with van der Waals surface area (Å²) in [5.41, 5.74) is 11.1. The Balaban J connectivity index is -0.000000305. The maximum Gasteiger partial charge on any atom is 0.321 e. The molecule has 0 bridgehead atoms. The number of carbonyl (C=O) groups is 2. The maximum absolute atomic E-state index is 10.5. The summed E-state index contributed by atoms with van der Waals surface area (Å²) < 4.78 is 4.91. The number of aliphatic carboxylic acids is 1. The number of carbonyl (C=O) groups excluding carboxylic acids is 1. The molecule has 0 saturated heterocycles. The number of likely N-dealkylation sites (N-methyl/N-ethyl adjacent to an activating group) is 1. The van der Waals surface area contributed by atoms with Crippen molar-refractivity contribution in [3.63, 3.8) is 0 Å². The zero-order valence-electron chi connectivity index (χ0n) is 16.3. The van der Waals surface area contributed by atoms with E-state index in [0.717, 1.165) is 17.7 Å². The molecule has 0 fully saturated rings. The summed E-state index contributed by atoms with van der Waals surface area (Å²) in [4.78, 5) is 21.6. The van der Waals surface area contributed by atoms with E-state index in [2.05, 4.69) is 18.1 Å². The van der Waals surface area contributed by atoms with Crippen LogP contribution in [0, 0.1) is 5.92 Å². The van der Waals surface area contributed by atoms with Gasteiger partial charge in [0.25, 0.3) is 0 Å². The van der Waals surface area contributed by atoms with E-state index in [4.69, 9.17) is 21.3 Å².